The Morgan fingerprint density at radius 3 is 2.70 bits per heavy atom. The highest BCUT2D eigenvalue weighted by Crippen LogP contribution is 2.05. The third kappa shape index (κ3) is 0.975. The maximum absolute atomic E-state index is 10.8. The highest BCUT2D eigenvalue weighted by molar-refractivity contribution is 6.10. The molecular weight excluding hydrogens is 132 g/mol. The van der Waals surface area contributed by atoms with Gasteiger partial charge in [0.25, 0.3) is 5.91 Å². The van der Waals surface area contributed by atoms with Gasteiger partial charge in [0.05, 0.1) is 6.42 Å². The number of amides is 1. The summed E-state index contributed by atoms with van der Waals surface area (Å²) in [6, 6.07) is 0. The van der Waals surface area contributed by atoms with Crippen LogP contribution in [-0.2, 0) is 4.79 Å². The van der Waals surface area contributed by atoms with Crippen molar-refractivity contribution in [1.82, 2.24) is 5.01 Å². The predicted octanol–water partition coefficient (Wildman–Crippen LogP) is -0.512. The van der Waals surface area contributed by atoms with Crippen LogP contribution in [0.2, 0.25) is 0 Å². The first-order chi connectivity index (χ1) is 4.61. The summed E-state index contributed by atoms with van der Waals surface area (Å²) >= 11 is 0. The van der Waals surface area contributed by atoms with Crippen LogP contribution >= 0.6 is 0 Å². The molecule has 1 aliphatic rings. The summed E-state index contributed by atoms with van der Waals surface area (Å²) in [5.41, 5.74) is 5.73. The molecule has 5 nitrogen and oxygen atoms in total. The molecule has 0 bridgehead atoms. The molecule has 0 saturated heterocycles. The van der Waals surface area contributed by atoms with E-state index in [4.69, 9.17) is 11.1 Å². The minimum absolute atomic E-state index is 0.231. The Kier molecular flexibility index (Phi) is 1.41. The fraction of sp³-hybridized carbons (Fsp3) is 0.400. The molecular formula is C5H8N4O. The monoisotopic (exact) mass is 140 g/mol. The number of hydrazone groups is 1. The first-order valence-electron chi connectivity index (χ1n) is 2.82. The van der Waals surface area contributed by atoms with Gasteiger partial charge in [0.15, 0.2) is 0 Å². The molecule has 0 saturated carbocycles. The Morgan fingerprint density at radius 1 is 1.90 bits per heavy atom. The minimum Gasteiger partial charge on any atom is -0.368 e. The molecule has 3 N–H and O–H groups in total. The standard InChI is InChI=1S/C5H8N4O/c1-3-2-4(10)9(8-3)5(6)7/h2H2,1H3,(H3,6,7). The number of rotatable bonds is 0. The highest BCUT2D eigenvalue weighted by Gasteiger charge is 2.22. The molecule has 1 aliphatic heterocycles. The molecule has 0 unspecified atom stereocenters. The van der Waals surface area contributed by atoms with E-state index in [2.05, 4.69) is 5.10 Å². The molecule has 0 fully saturated rings. The van der Waals surface area contributed by atoms with Gasteiger partial charge in [-0.2, -0.15) is 10.1 Å². The van der Waals surface area contributed by atoms with Crippen LogP contribution in [0, 0.1) is 5.41 Å². The molecule has 0 atom stereocenters. The normalized spacial score (nSPS) is 17.5. The molecule has 0 aromatic carbocycles. The number of nitrogens with one attached hydrogen (secondary N) is 1. The Labute approximate surface area is 58.0 Å². The van der Waals surface area contributed by atoms with Crippen LogP contribution in [0.25, 0.3) is 0 Å². The molecule has 1 amide bonds. The Balaban J connectivity index is 2.79. The van der Waals surface area contributed by atoms with E-state index in [0.717, 1.165) is 5.01 Å². The minimum atomic E-state index is -0.318. The zero-order valence-electron chi connectivity index (χ0n) is 5.59. The summed E-state index contributed by atoms with van der Waals surface area (Å²) in [5, 5.41) is 11.5. The number of carbonyl (C=O) groups excluding carboxylic acids is 1. The van der Waals surface area contributed by atoms with Crippen LogP contribution in [0.3, 0.4) is 0 Å². The first-order valence-corrected chi connectivity index (χ1v) is 2.82. The topological polar surface area (TPSA) is 82.5 Å². The lowest BCUT2D eigenvalue weighted by atomic mass is 10.3. The van der Waals surface area contributed by atoms with E-state index in [1.165, 1.54) is 0 Å². The van der Waals surface area contributed by atoms with E-state index in [0.29, 0.717) is 5.71 Å². The van der Waals surface area contributed by atoms with Gasteiger partial charge < -0.3 is 5.73 Å². The van der Waals surface area contributed by atoms with Gasteiger partial charge in [0, 0.05) is 5.71 Å². The van der Waals surface area contributed by atoms with E-state index in [9.17, 15) is 4.79 Å². The van der Waals surface area contributed by atoms with E-state index < -0.39 is 0 Å². The molecule has 0 aromatic rings. The van der Waals surface area contributed by atoms with Crippen molar-refractivity contribution in [2.75, 3.05) is 0 Å². The Hall–Kier alpha value is -1.39. The van der Waals surface area contributed by atoms with Crippen LogP contribution in [0.5, 0.6) is 0 Å². The highest BCUT2D eigenvalue weighted by atomic mass is 16.2. The van der Waals surface area contributed by atoms with Crippen molar-refractivity contribution >= 4 is 17.6 Å². The van der Waals surface area contributed by atoms with Gasteiger partial charge in [-0.05, 0) is 6.92 Å². The molecule has 54 valence electrons. The molecule has 1 rings (SSSR count). The lowest BCUT2D eigenvalue weighted by Crippen LogP contribution is -2.33. The van der Waals surface area contributed by atoms with Crippen LogP contribution in [0.1, 0.15) is 13.3 Å². The first kappa shape index (κ1) is 6.73. The summed E-state index contributed by atoms with van der Waals surface area (Å²) < 4.78 is 0. The second-order valence-electron chi connectivity index (χ2n) is 2.10. The smallest absolute Gasteiger partial charge is 0.255 e. The molecule has 5 heteroatoms. The summed E-state index contributed by atoms with van der Waals surface area (Å²) in [6.07, 6.45) is 0.277. The SMILES string of the molecule is CC1=NN(C(=N)N)C(=O)C1. The number of hydrogen-bond acceptors (Lipinski definition) is 3. The van der Waals surface area contributed by atoms with Crippen LogP contribution in [-0.4, -0.2) is 22.6 Å². The quantitative estimate of drug-likeness (QED) is 0.351. The summed E-state index contributed by atoms with van der Waals surface area (Å²) in [6.45, 7) is 1.72. The zero-order valence-corrected chi connectivity index (χ0v) is 5.59. The number of hydrogen-bond donors (Lipinski definition) is 2. The molecule has 0 aromatic heterocycles. The Bertz CT molecular complexity index is 220. The summed E-state index contributed by atoms with van der Waals surface area (Å²) in [4.78, 5) is 10.8. The largest absolute Gasteiger partial charge is 0.368 e. The van der Waals surface area contributed by atoms with E-state index in [-0.39, 0.29) is 18.3 Å². The van der Waals surface area contributed by atoms with Crippen molar-refractivity contribution in [1.29, 1.82) is 5.41 Å². The molecule has 1 heterocycles. The van der Waals surface area contributed by atoms with Crippen molar-refractivity contribution in [3.63, 3.8) is 0 Å². The Morgan fingerprint density at radius 2 is 2.50 bits per heavy atom. The van der Waals surface area contributed by atoms with Gasteiger partial charge >= 0.3 is 0 Å². The third-order valence-corrected chi connectivity index (χ3v) is 1.14. The fourth-order valence-electron chi connectivity index (χ4n) is 0.744. The fourth-order valence-corrected chi connectivity index (χ4v) is 0.744. The van der Waals surface area contributed by atoms with Crippen molar-refractivity contribution in [3.8, 4) is 0 Å². The third-order valence-electron chi connectivity index (χ3n) is 1.14. The predicted molar refractivity (Wildman–Crippen MR) is 36.5 cm³/mol. The molecule has 0 aliphatic carbocycles. The maximum atomic E-state index is 10.8. The summed E-state index contributed by atoms with van der Waals surface area (Å²) in [7, 11) is 0. The van der Waals surface area contributed by atoms with Gasteiger partial charge in [-0.1, -0.05) is 0 Å². The number of nitrogens with two attached hydrogens (primary N) is 1. The summed E-state index contributed by atoms with van der Waals surface area (Å²) in [5.74, 6) is -0.549. The number of nitrogens with zero attached hydrogens (tertiary/aromatic N) is 2. The van der Waals surface area contributed by atoms with Crippen LogP contribution < -0.4 is 5.73 Å². The lowest BCUT2D eigenvalue weighted by molar-refractivity contribution is -0.125. The number of guanidine groups is 1. The van der Waals surface area contributed by atoms with Crippen molar-refractivity contribution < 1.29 is 4.79 Å². The van der Waals surface area contributed by atoms with E-state index in [1.54, 1.807) is 6.92 Å². The number of carbonyl (C=O) groups is 1. The van der Waals surface area contributed by atoms with Crippen molar-refractivity contribution in [2.45, 2.75) is 13.3 Å². The molecule has 10 heavy (non-hydrogen) atoms. The van der Waals surface area contributed by atoms with Crippen LogP contribution in [0.15, 0.2) is 5.10 Å². The van der Waals surface area contributed by atoms with Gasteiger partial charge in [0.2, 0.25) is 5.96 Å². The second-order valence-corrected chi connectivity index (χ2v) is 2.10. The van der Waals surface area contributed by atoms with Gasteiger partial charge in [-0.3, -0.25) is 10.2 Å². The van der Waals surface area contributed by atoms with Gasteiger partial charge in [0.1, 0.15) is 0 Å². The zero-order chi connectivity index (χ0) is 7.72. The van der Waals surface area contributed by atoms with Crippen LogP contribution in [0.4, 0.5) is 0 Å². The van der Waals surface area contributed by atoms with Gasteiger partial charge in [-0.25, -0.2) is 0 Å². The average molecular weight is 140 g/mol. The lowest BCUT2D eigenvalue weighted by Gasteiger charge is -2.06. The molecule has 0 radical (unpaired) electrons. The molecule has 0 spiro atoms. The maximum Gasteiger partial charge on any atom is 0.255 e. The average Bonchev–Trinajstić information content (AvgIpc) is 2.10. The van der Waals surface area contributed by atoms with Crippen molar-refractivity contribution in [3.05, 3.63) is 0 Å². The van der Waals surface area contributed by atoms with Crippen molar-refractivity contribution in [2.24, 2.45) is 10.8 Å². The van der Waals surface area contributed by atoms with Gasteiger partial charge in [-0.15, -0.1) is 0 Å². The second kappa shape index (κ2) is 2.09. The van der Waals surface area contributed by atoms with E-state index in [1.807, 2.05) is 0 Å². The van der Waals surface area contributed by atoms with E-state index >= 15 is 0 Å².